The minimum atomic E-state index is 0.355. The fourth-order valence-corrected chi connectivity index (χ4v) is 3.62. The van der Waals surface area contributed by atoms with Crippen LogP contribution in [0, 0.1) is 0 Å². The summed E-state index contributed by atoms with van der Waals surface area (Å²) in [6.45, 7) is 3.12. The molecule has 0 aliphatic carbocycles. The third-order valence-electron chi connectivity index (χ3n) is 3.26. The van der Waals surface area contributed by atoms with Crippen LogP contribution in [-0.2, 0) is 6.54 Å². The number of rotatable bonds is 5. The number of benzene rings is 1. The van der Waals surface area contributed by atoms with E-state index >= 15 is 0 Å². The summed E-state index contributed by atoms with van der Waals surface area (Å²) >= 11 is 5.30. The van der Waals surface area contributed by atoms with E-state index in [1.54, 1.807) is 11.3 Å². The Morgan fingerprint density at radius 3 is 2.74 bits per heavy atom. The van der Waals surface area contributed by atoms with Gasteiger partial charge in [0.1, 0.15) is 0 Å². The normalized spacial score (nSPS) is 12.4. The van der Waals surface area contributed by atoms with Crippen molar-refractivity contribution in [2.45, 2.75) is 19.5 Å². The maximum atomic E-state index is 3.51. The van der Waals surface area contributed by atoms with E-state index in [2.05, 4.69) is 75.8 Å². The maximum absolute atomic E-state index is 3.51. The molecule has 4 heteroatoms. The number of halogens is 1. The van der Waals surface area contributed by atoms with Crippen molar-refractivity contribution in [3.8, 4) is 0 Å². The second-order valence-electron chi connectivity index (χ2n) is 4.66. The summed E-state index contributed by atoms with van der Waals surface area (Å²) in [7, 11) is 4.15. The highest BCUT2D eigenvalue weighted by Gasteiger charge is 2.12. The van der Waals surface area contributed by atoms with E-state index in [1.807, 2.05) is 7.05 Å². The molecule has 1 heterocycles. The number of hydrogen-bond donors (Lipinski definition) is 1. The van der Waals surface area contributed by atoms with Crippen molar-refractivity contribution < 1.29 is 0 Å². The molecule has 0 radical (unpaired) electrons. The lowest BCUT2D eigenvalue weighted by Gasteiger charge is -2.24. The molecule has 102 valence electrons. The van der Waals surface area contributed by atoms with Gasteiger partial charge in [-0.1, -0.05) is 18.2 Å². The highest BCUT2D eigenvalue weighted by Crippen LogP contribution is 2.28. The molecular weight excluding hydrogens is 320 g/mol. The summed E-state index contributed by atoms with van der Waals surface area (Å²) in [6.07, 6.45) is 0. The van der Waals surface area contributed by atoms with E-state index in [0.29, 0.717) is 6.04 Å². The van der Waals surface area contributed by atoms with Crippen LogP contribution in [0.3, 0.4) is 0 Å². The van der Waals surface area contributed by atoms with Crippen molar-refractivity contribution in [3.63, 3.8) is 0 Å². The summed E-state index contributed by atoms with van der Waals surface area (Å²) in [5, 5.41) is 5.44. The van der Waals surface area contributed by atoms with Crippen LogP contribution in [0.25, 0.3) is 0 Å². The fourth-order valence-electron chi connectivity index (χ4n) is 2.11. The lowest BCUT2D eigenvalue weighted by atomic mass is 10.1. The Balaban J connectivity index is 2.21. The minimum absolute atomic E-state index is 0.355. The average Bonchev–Trinajstić information content (AvgIpc) is 2.83. The maximum Gasteiger partial charge on any atom is 0.0520 e. The van der Waals surface area contributed by atoms with Gasteiger partial charge in [-0.05, 0) is 47.6 Å². The van der Waals surface area contributed by atoms with Crippen LogP contribution < -0.4 is 10.2 Å². The quantitative estimate of drug-likeness (QED) is 0.867. The van der Waals surface area contributed by atoms with Crippen LogP contribution in [-0.4, -0.2) is 14.1 Å². The van der Waals surface area contributed by atoms with Gasteiger partial charge in [0.15, 0.2) is 0 Å². The monoisotopic (exact) mass is 338 g/mol. The van der Waals surface area contributed by atoms with Gasteiger partial charge >= 0.3 is 0 Å². The van der Waals surface area contributed by atoms with E-state index in [-0.39, 0.29) is 0 Å². The van der Waals surface area contributed by atoms with E-state index in [1.165, 1.54) is 16.1 Å². The zero-order valence-electron chi connectivity index (χ0n) is 11.5. The van der Waals surface area contributed by atoms with Crippen LogP contribution >= 0.6 is 27.3 Å². The molecule has 1 atom stereocenters. The molecule has 0 bridgehead atoms. The first kappa shape index (κ1) is 14.6. The first-order valence-corrected chi connectivity index (χ1v) is 7.99. The summed E-state index contributed by atoms with van der Waals surface area (Å²) in [4.78, 5) is 3.67. The van der Waals surface area contributed by atoms with Crippen LogP contribution in [0.5, 0.6) is 0 Å². The second-order valence-corrected chi connectivity index (χ2v) is 6.57. The third-order valence-corrected chi connectivity index (χ3v) is 4.94. The Kier molecular flexibility index (Phi) is 5.02. The average molecular weight is 339 g/mol. The molecule has 2 nitrogen and oxygen atoms in total. The van der Waals surface area contributed by atoms with Gasteiger partial charge in [-0.2, -0.15) is 0 Å². The smallest absolute Gasteiger partial charge is 0.0520 e. The lowest BCUT2D eigenvalue weighted by Crippen LogP contribution is -2.21. The minimum Gasteiger partial charge on any atom is -0.369 e. The van der Waals surface area contributed by atoms with Gasteiger partial charge in [-0.3, -0.25) is 0 Å². The molecule has 0 spiro atoms. The summed E-state index contributed by atoms with van der Waals surface area (Å²) in [5.41, 5.74) is 2.62. The zero-order valence-corrected chi connectivity index (χ0v) is 13.9. The summed E-state index contributed by atoms with van der Waals surface area (Å²) in [6, 6.07) is 11.1. The highest BCUT2D eigenvalue weighted by atomic mass is 79.9. The van der Waals surface area contributed by atoms with Gasteiger partial charge in [-0.15, -0.1) is 11.3 Å². The Bertz CT molecular complexity index is 538. The van der Waals surface area contributed by atoms with Gasteiger partial charge in [0.05, 0.1) is 6.54 Å². The molecule has 1 unspecified atom stereocenters. The molecule has 0 saturated carbocycles. The van der Waals surface area contributed by atoms with Crippen LogP contribution in [0.2, 0.25) is 0 Å². The van der Waals surface area contributed by atoms with E-state index in [4.69, 9.17) is 0 Å². The second kappa shape index (κ2) is 6.55. The molecule has 0 aliphatic rings. The molecule has 2 rings (SSSR count). The topological polar surface area (TPSA) is 15.3 Å². The molecule has 1 aromatic heterocycles. The fraction of sp³-hybridized carbons (Fsp3) is 0.333. The molecular formula is C15H19BrN2S. The van der Waals surface area contributed by atoms with Gasteiger partial charge in [0, 0.05) is 33.5 Å². The SMILES string of the molecule is CNC(C)c1ccccc1N(C)Cc1cc(Br)cs1. The first-order chi connectivity index (χ1) is 9.11. The molecule has 2 aromatic rings. The van der Waals surface area contributed by atoms with E-state index < -0.39 is 0 Å². The van der Waals surface area contributed by atoms with Crippen molar-refractivity contribution in [1.82, 2.24) is 5.32 Å². The Morgan fingerprint density at radius 1 is 1.37 bits per heavy atom. The number of nitrogens with zero attached hydrogens (tertiary/aromatic N) is 1. The Morgan fingerprint density at radius 2 is 2.11 bits per heavy atom. The predicted octanol–water partition coefficient (Wildman–Crippen LogP) is 4.43. The first-order valence-electron chi connectivity index (χ1n) is 6.32. The van der Waals surface area contributed by atoms with Crippen LogP contribution in [0.4, 0.5) is 5.69 Å². The third kappa shape index (κ3) is 3.59. The number of para-hydroxylation sites is 1. The zero-order chi connectivity index (χ0) is 13.8. The van der Waals surface area contributed by atoms with E-state index in [9.17, 15) is 0 Å². The van der Waals surface area contributed by atoms with Gasteiger partial charge in [0.2, 0.25) is 0 Å². The van der Waals surface area contributed by atoms with Gasteiger partial charge in [0.25, 0.3) is 0 Å². The molecule has 0 aliphatic heterocycles. The molecule has 1 aromatic carbocycles. The lowest BCUT2D eigenvalue weighted by molar-refractivity contribution is 0.650. The molecule has 0 saturated heterocycles. The van der Waals surface area contributed by atoms with Crippen LogP contribution in [0.1, 0.15) is 23.4 Å². The summed E-state index contributed by atoms with van der Waals surface area (Å²) < 4.78 is 1.16. The molecule has 19 heavy (non-hydrogen) atoms. The van der Waals surface area contributed by atoms with Crippen molar-refractivity contribution in [3.05, 3.63) is 50.6 Å². The molecule has 1 N–H and O–H groups in total. The standard InChI is InChI=1S/C15H19BrN2S/c1-11(17-2)14-6-4-5-7-15(14)18(3)9-13-8-12(16)10-19-13/h4-8,10-11,17H,9H2,1-3H3. The number of nitrogens with one attached hydrogen (secondary N) is 1. The van der Waals surface area contributed by atoms with Crippen molar-refractivity contribution in [1.29, 1.82) is 0 Å². The van der Waals surface area contributed by atoms with Crippen molar-refractivity contribution in [2.75, 3.05) is 19.0 Å². The van der Waals surface area contributed by atoms with Crippen molar-refractivity contribution >= 4 is 33.0 Å². The number of hydrogen-bond acceptors (Lipinski definition) is 3. The summed E-state index contributed by atoms with van der Waals surface area (Å²) in [5.74, 6) is 0. The molecule has 0 fully saturated rings. The largest absolute Gasteiger partial charge is 0.369 e. The Hall–Kier alpha value is -0.840. The number of thiophene rings is 1. The van der Waals surface area contributed by atoms with Crippen LogP contribution in [0.15, 0.2) is 40.2 Å². The van der Waals surface area contributed by atoms with Crippen molar-refractivity contribution in [2.24, 2.45) is 0 Å². The van der Waals surface area contributed by atoms with E-state index in [0.717, 1.165) is 11.0 Å². The highest BCUT2D eigenvalue weighted by molar-refractivity contribution is 9.10. The van der Waals surface area contributed by atoms with Gasteiger partial charge < -0.3 is 10.2 Å². The number of anilines is 1. The Labute approximate surface area is 127 Å². The van der Waals surface area contributed by atoms with Gasteiger partial charge in [-0.25, -0.2) is 0 Å². The molecule has 0 amide bonds. The predicted molar refractivity (Wildman–Crippen MR) is 88.0 cm³/mol.